The second kappa shape index (κ2) is 6.90. The van der Waals surface area contributed by atoms with Crippen molar-refractivity contribution in [1.82, 2.24) is 10.2 Å². The molecule has 24 heavy (non-hydrogen) atoms. The lowest BCUT2D eigenvalue weighted by Gasteiger charge is -2.33. The number of rotatable bonds is 6. The van der Waals surface area contributed by atoms with Crippen molar-refractivity contribution in [1.29, 1.82) is 0 Å². The minimum Gasteiger partial charge on any atom is -0.497 e. The molecular weight excluding hydrogens is 304 g/mol. The van der Waals surface area contributed by atoms with Gasteiger partial charge < -0.3 is 19.5 Å². The van der Waals surface area contributed by atoms with Crippen LogP contribution >= 0.6 is 0 Å². The van der Waals surface area contributed by atoms with Crippen LogP contribution in [0.4, 0.5) is 0 Å². The number of benzene rings is 1. The number of ether oxygens (including phenoxy) is 3. The zero-order valence-corrected chi connectivity index (χ0v) is 14.7. The molecule has 132 valence electrons. The van der Waals surface area contributed by atoms with Crippen molar-refractivity contribution < 1.29 is 14.2 Å². The molecule has 1 saturated carbocycles. The van der Waals surface area contributed by atoms with Crippen molar-refractivity contribution >= 4 is 0 Å². The quantitative estimate of drug-likeness (QED) is 0.863. The molecule has 0 radical (unpaired) electrons. The number of morpholine rings is 1. The lowest BCUT2D eigenvalue weighted by atomic mass is 10.1. The summed E-state index contributed by atoms with van der Waals surface area (Å²) >= 11 is 0. The fourth-order valence-corrected chi connectivity index (χ4v) is 3.83. The Kier molecular flexibility index (Phi) is 4.66. The maximum Gasteiger partial charge on any atom is 0.127 e. The Morgan fingerprint density at radius 3 is 3.00 bits per heavy atom. The van der Waals surface area contributed by atoms with Gasteiger partial charge in [0.05, 0.1) is 19.8 Å². The molecule has 1 aromatic carbocycles. The van der Waals surface area contributed by atoms with E-state index >= 15 is 0 Å². The molecule has 2 aliphatic heterocycles. The van der Waals surface area contributed by atoms with Gasteiger partial charge in [0.15, 0.2) is 0 Å². The Morgan fingerprint density at radius 2 is 2.21 bits per heavy atom. The first-order chi connectivity index (χ1) is 11.7. The summed E-state index contributed by atoms with van der Waals surface area (Å²) in [6.07, 6.45) is 4.23. The molecule has 1 aliphatic carbocycles. The highest BCUT2D eigenvalue weighted by Gasteiger charge is 2.32. The summed E-state index contributed by atoms with van der Waals surface area (Å²) in [6.45, 7) is 6.79. The highest BCUT2D eigenvalue weighted by atomic mass is 16.5. The molecule has 1 aromatic rings. The second-order valence-electron chi connectivity index (χ2n) is 7.26. The standard InChI is InChI=1S/C19H28N2O3/c1-13-7-14-8-17(22-2)9-15(19(14)24-13)10-20-11-18-12-21(5-6-23-18)16-3-4-16/h8-9,13,16,18,20H,3-7,10-12H2,1-2H3/t13-,18-/m1/s1. The number of hydrogen-bond donors (Lipinski definition) is 1. The number of nitrogens with zero attached hydrogens (tertiary/aromatic N) is 1. The maximum absolute atomic E-state index is 6.00. The molecule has 0 amide bonds. The third-order valence-corrected chi connectivity index (χ3v) is 5.20. The molecule has 0 bridgehead atoms. The van der Waals surface area contributed by atoms with Gasteiger partial charge in [-0.15, -0.1) is 0 Å². The first-order valence-electron chi connectivity index (χ1n) is 9.15. The first-order valence-corrected chi connectivity index (χ1v) is 9.15. The van der Waals surface area contributed by atoms with Gasteiger partial charge in [0.2, 0.25) is 0 Å². The maximum atomic E-state index is 6.00. The average molecular weight is 332 g/mol. The van der Waals surface area contributed by atoms with Crippen molar-refractivity contribution in [3.8, 4) is 11.5 Å². The van der Waals surface area contributed by atoms with Gasteiger partial charge in [0.1, 0.15) is 17.6 Å². The van der Waals surface area contributed by atoms with Crippen LogP contribution in [-0.2, 0) is 17.7 Å². The summed E-state index contributed by atoms with van der Waals surface area (Å²) in [5, 5.41) is 3.56. The zero-order valence-electron chi connectivity index (χ0n) is 14.7. The van der Waals surface area contributed by atoms with Crippen LogP contribution in [0.1, 0.15) is 30.9 Å². The van der Waals surface area contributed by atoms with Crippen molar-refractivity contribution in [2.45, 2.75) is 51.0 Å². The summed E-state index contributed by atoms with van der Waals surface area (Å²) in [5.74, 6) is 1.96. The van der Waals surface area contributed by atoms with Gasteiger partial charge in [0.25, 0.3) is 0 Å². The van der Waals surface area contributed by atoms with E-state index in [0.717, 1.165) is 56.7 Å². The molecule has 5 nitrogen and oxygen atoms in total. The Morgan fingerprint density at radius 1 is 1.33 bits per heavy atom. The van der Waals surface area contributed by atoms with Crippen LogP contribution in [0.25, 0.3) is 0 Å². The molecule has 2 heterocycles. The van der Waals surface area contributed by atoms with Gasteiger partial charge in [-0.25, -0.2) is 0 Å². The number of methoxy groups -OCH3 is 1. The normalized spacial score (nSPS) is 26.9. The van der Waals surface area contributed by atoms with Crippen molar-refractivity contribution in [3.63, 3.8) is 0 Å². The minimum atomic E-state index is 0.250. The highest BCUT2D eigenvalue weighted by Crippen LogP contribution is 2.36. The fraction of sp³-hybridized carbons (Fsp3) is 0.684. The molecule has 1 saturated heterocycles. The third-order valence-electron chi connectivity index (χ3n) is 5.20. The van der Waals surface area contributed by atoms with Crippen LogP contribution < -0.4 is 14.8 Å². The van der Waals surface area contributed by atoms with Gasteiger partial charge in [-0.3, -0.25) is 4.90 Å². The van der Waals surface area contributed by atoms with E-state index in [0.29, 0.717) is 0 Å². The SMILES string of the molecule is COc1cc(CNC[C@@H]2CN(C3CC3)CCO2)c2c(c1)C[C@@H](C)O2. The zero-order chi connectivity index (χ0) is 16.5. The van der Waals surface area contributed by atoms with E-state index in [4.69, 9.17) is 14.2 Å². The number of hydrogen-bond acceptors (Lipinski definition) is 5. The molecule has 0 unspecified atom stereocenters. The largest absolute Gasteiger partial charge is 0.497 e. The van der Waals surface area contributed by atoms with E-state index in [1.165, 1.54) is 24.0 Å². The molecule has 0 aromatic heterocycles. The molecule has 0 spiro atoms. The van der Waals surface area contributed by atoms with E-state index < -0.39 is 0 Å². The van der Waals surface area contributed by atoms with E-state index in [2.05, 4.69) is 29.3 Å². The minimum absolute atomic E-state index is 0.250. The van der Waals surface area contributed by atoms with Crippen LogP contribution in [-0.4, -0.2) is 56.5 Å². The first kappa shape index (κ1) is 16.2. The van der Waals surface area contributed by atoms with Gasteiger partial charge >= 0.3 is 0 Å². The predicted molar refractivity (Wildman–Crippen MR) is 92.8 cm³/mol. The summed E-state index contributed by atoms with van der Waals surface area (Å²) in [4.78, 5) is 2.59. The Labute approximate surface area is 144 Å². The van der Waals surface area contributed by atoms with E-state index in [-0.39, 0.29) is 12.2 Å². The number of nitrogens with one attached hydrogen (secondary N) is 1. The molecule has 2 atom stereocenters. The fourth-order valence-electron chi connectivity index (χ4n) is 3.83. The summed E-state index contributed by atoms with van der Waals surface area (Å²) in [7, 11) is 1.72. The summed E-state index contributed by atoms with van der Waals surface area (Å²) in [5.41, 5.74) is 2.44. The molecule has 4 rings (SSSR count). The van der Waals surface area contributed by atoms with Crippen LogP contribution in [0.15, 0.2) is 12.1 Å². The second-order valence-corrected chi connectivity index (χ2v) is 7.26. The Balaban J connectivity index is 1.35. The number of fused-ring (bicyclic) bond motifs is 1. The summed E-state index contributed by atoms with van der Waals surface area (Å²) < 4.78 is 17.4. The molecule has 2 fully saturated rings. The average Bonchev–Trinajstić information content (AvgIpc) is 3.36. The lowest BCUT2D eigenvalue weighted by molar-refractivity contribution is -0.0301. The van der Waals surface area contributed by atoms with E-state index in [1.807, 2.05) is 0 Å². The lowest BCUT2D eigenvalue weighted by Crippen LogP contribution is -2.47. The predicted octanol–water partition coefficient (Wildman–Crippen LogP) is 1.97. The van der Waals surface area contributed by atoms with Crippen molar-refractivity contribution in [2.24, 2.45) is 0 Å². The van der Waals surface area contributed by atoms with E-state index in [1.54, 1.807) is 7.11 Å². The Hall–Kier alpha value is -1.30. The van der Waals surface area contributed by atoms with Crippen LogP contribution in [0.5, 0.6) is 11.5 Å². The summed E-state index contributed by atoms with van der Waals surface area (Å²) in [6, 6.07) is 5.01. The van der Waals surface area contributed by atoms with Crippen LogP contribution in [0, 0.1) is 0 Å². The third kappa shape index (κ3) is 3.53. The molecule has 1 N–H and O–H groups in total. The molecule has 5 heteroatoms. The van der Waals surface area contributed by atoms with E-state index in [9.17, 15) is 0 Å². The smallest absolute Gasteiger partial charge is 0.127 e. The topological polar surface area (TPSA) is 43.0 Å². The van der Waals surface area contributed by atoms with Gasteiger partial charge in [-0.05, 0) is 31.9 Å². The van der Waals surface area contributed by atoms with Crippen molar-refractivity contribution in [2.75, 3.05) is 33.4 Å². The molecule has 3 aliphatic rings. The van der Waals surface area contributed by atoms with Gasteiger partial charge in [0, 0.05) is 49.8 Å². The van der Waals surface area contributed by atoms with Gasteiger partial charge in [-0.1, -0.05) is 0 Å². The molecular formula is C19H28N2O3. The highest BCUT2D eigenvalue weighted by molar-refractivity contribution is 5.49. The monoisotopic (exact) mass is 332 g/mol. The van der Waals surface area contributed by atoms with Gasteiger partial charge in [-0.2, -0.15) is 0 Å². The Bertz CT molecular complexity index is 588. The van der Waals surface area contributed by atoms with Crippen LogP contribution in [0.2, 0.25) is 0 Å². The van der Waals surface area contributed by atoms with Crippen molar-refractivity contribution in [3.05, 3.63) is 23.3 Å². The van der Waals surface area contributed by atoms with Crippen LogP contribution in [0.3, 0.4) is 0 Å².